The van der Waals surface area contributed by atoms with Crippen LogP contribution in [0.5, 0.6) is 0 Å². The number of hydrogen-bond acceptors (Lipinski definition) is 3. The van der Waals surface area contributed by atoms with E-state index in [0.717, 1.165) is 21.1 Å². The highest BCUT2D eigenvalue weighted by Crippen LogP contribution is 2.48. The van der Waals surface area contributed by atoms with Crippen molar-refractivity contribution in [3.8, 4) is 0 Å². The Hall–Kier alpha value is -0.680. The van der Waals surface area contributed by atoms with E-state index >= 15 is 0 Å². The number of carbonyl (C=O) groups excluding carboxylic acids is 1. The van der Waals surface area contributed by atoms with Gasteiger partial charge in [0, 0.05) is 17.1 Å². The minimum Gasteiger partial charge on any atom is -0.355 e. The van der Waals surface area contributed by atoms with E-state index in [-0.39, 0.29) is 5.91 Å². The van der Waals surface area contributed by atoms with Gasteiger partial charge in [0.15, 0.2) is 3.95 Å². The second-order valence-electron chi connectivity index (χ2n) is 5.27. The first-order valence-electron chi connectivity index (χ1n) is 6.50. The zero-order valence-corrected chi connectivity index (χ0v) is 12.6. The molecule has 2 N–H and O–H groups in total. The van der Waals surface area contributed by atoms with Gasteiger partial charge in [-0.2, -0.15) is 0 Å². The molecule has 1 fully saturated rings. The van der Waals surface area contributed by atoms with Gasteiger partial charge >= 0.3 is 0 Å². The van der Waals surface area contributed by atoms with Gasteiger partial charge in [0.1, 0.15) is 0 Å². The van der Waals surface area contributed by atoms with E-state index < -0.39 is 0 Å². The number of carbonyl (C=O) groups is 1. The summed E-state index contributed by atoms with van der Waals surface area (Å²) in [7, 11) is 0. The van der Waals surface area contributed by atoms with Gasteiger partial charge in [-0.05, 0) is 43.8 Å². The zero-order chi connectivity index (χ0) is 13.2. The summed E-state index contributed by atoms with van der Waals surface area (Å²) in [5.74, 6) is 0.116. The number of aromatic amines is 1. The van der Waals surface area contributed by atoms with Gasteiger partial charge in [0.05, 0.1) is 6.42 Å². The molecule has 0 saturated heterocycles. The molecule has 1 aliphatic rings. The van der Waals surface area contributed by atoms with Crippen LogP contribution in [0.25, 0.3) is 0 Å². The summed E-state index contributed by atoms with van der Waals surface area (Å²) in [6, 6.07) is 0. The highest BCUT2D eigenvalue weighted by molar-refractivity contribution is 7.73. The highest BCUT2D eigenvalue weighted by Gasteiger charge is 2.41. The third-order valence-electron chi connectivity index (χ3n) is 3.64. The molecule has 1 aromatic heterocycles. The average molecular weight is 284 g/mol. The van der Waals surface area contributed by atoms with E-state index in [1.54, 1.807) is 0 Å². The first kappa shape index (κ1) is 13.7. The molecule has 1 aromatic rings. The molecule has 0 aromatic carbocycles. The number of hydrogen-bond donors (Lipinski definition) is 2. The van der Waals surface area contributed by atoms with Gasteiger partial charge in [0.25, 0.3) is 0 Å². The minimum atomic E-state index is 0.116. The Kier molecular flexibility index (Phi) is 4.22. The molecule has 0 bridgehead atoms. The van der Waals surface area contributed by atoms with Gasteiger partial charge in [-0.3, -0.25) is 4.79 Å². The summed E-state index contributed by atoms with van der Waals surface area (Å²) in [5.41, 5.74) is 1.44. The van der Waals surface area contributed by atoms with Crippen molar-refractivity contribution in [1.82, 2.24) is 10.3 Å². The number of aromatic nitrogens is 1. The monoisotopic (exact) mass is 284 g/mol. The molecule has 0 atom stereocenters. The lowest BCUT2D eigenvalue weighted by molar-refractivity contribution is -0.120. The fraction of sp³-hybridized carbons (Fsp3) is 0.692. The predicted octanol–water partition coefficient (Wildman–Crippen LogP) is 3.35. The maximum Gasteiger partial charge on any atom is 0.225 e. The minimum absolute atomic E-state index is 0.116. The molecule has 0 spiro atoms. The number of aryl methyl sites for hydroxylation is 1. The number of H-pyrrole nitrogens is 1. The van der Waals surface area contributed by atoms with Crippen LogP contribution in [0, 0.1) is 16.3 Å². The van der Waals surface area contributed by atoms with Crippen LogP contribution in [0.15, 0.2) is 0 Å². The summed E-state index contributed by atoms with van der Waals surface area (Å²) in [4.78, 5) is 16.0. The highest BCUT2D eigenvalue weighted by atomic mass is 32.1. The topological polar surface area (TPSA) is 44.9 Å². The molecule has 0 aliphatic heterocycles. The van der Waals surface area contributed by atoms with Crippen LogP contribution in [0.3, 0.4) is 0 Å². The second kappa shape index (κ2) is 5.53. The Bertz CT molecular complexity index is 485. The van der Waals surface area contributed by atoms with Gasteiger partial charge < -0.3 is 10.3 Å². The van der Waals surface area contributed by atoms with Crippen molar-refractivity contribution < 1.29 is 4.79 Å². The quantitative estimate of drug-likeness (QED) is 0.787. The lowest BCUT2D eigenvalue weighted by Crippen LogP contribution is -2.31. The fourth-order valence-electron chi connectivity index (χ4n) is 2.32. The molecule has 1 amide bonds. The van der Waals surface area contributed by atoms with Crippen LogP contribution >= 0.6 is 23.6 Å². The van der Waals surface area contributed by atoms with E-state index in [9.17, 15) is 4.79 Å². The number of amides is 1. The summed E-state index contributed by atoms with van der Waals surface area (Å²) in [5, 5.41) is 3.08. The Morgan fingerprint density at radius 2 is 2.28 bits per heavy atom. The van der Waals surface area contributed by atoms with E-state index in [4.69, 9.17) is 12.2 Å². The van der Waals surface area contributed by atoms with Gasteiger partial charge in [-0.15, -0.1) is 11.3 Å². The van der Waals surface area contributed by atoms with E-state index in [1.165, 1.54) is 37.0 Å². The van der Waals surface area contributed by atoms with E-state index in [0.29, 0.717) is 11.8 Å². The van der Waals surface area contributed by atoms with Crippen molar-refractivity contribution in [3.63, 3.8) is 0 Å². The molecule has 1 saturated carbocycles. The first-order valence-corrected chi connectivity index (χ1v) is 7.72. The molecule has 0 radical (unpaired) electrons. The van der Waals surface area contributed by atoms with Crippen molar-refractivity contribution >= 4 is 29.5 Å². The van der Waals surface area contributed by atoms with Crippen LogP contribution in [-0.2, 0) is 11.2 Å². The molecule has 3 nitrogen and oxygen atoms in total. The van der Waals surface area contributed by atoms with Crippen molar-refractivity contribution in [2.45, 2.75) is 46.0 Å². The van der Waals surface area contributed by atoms with Gasteiger partial charge in [-0.25, -0.2) is 0 Å². The fourth-order valence-corrected chi connectivity index (χ4v) is 3.61. The first-order chi connectivity index (χ1) is 8.54. The molecule has 1 heterocycles. The molecule has 1 aliphatic carbocycles. The largest absolute Gasteiger partial charge is 0.355 e. The van der Waals surface area contributed by atoms with Crippen LogP contribution in [-0.4, -0.2) is 17.4 Å². The van der Waals surface area contributed by atoms with Crippen LogP contribution in [0.4, 0.5) is 0 Å². The summed E-state index contributed by atoms with van der Waals surface area (Å²) in [6.07, 6.45) is 5.42. The normalized spacial score (nSPS) is 16.6. The van der Waals surface area contributed by atoms with E-state index in [2.05, 4.69) is 17.2 Å². The third-order valence-corrected chi connectivity index (χ3v) is 4.98. The number of thiazole rings is 1. The zero-order valence-electron chi connectivity index (χ0n) is 11.0. The van der Waals surface area contributed by atoms with Crippen molar-refractivity contribution in [3.05, 3.63) is 14.5 Å². The Labute approximate surface area is 117 Å². The molecule has 100 valence electrons. The van der Waals surface area contributed by atoms with Crippen LogP contribution in [0.1, 0.15) is 43.2 Å². The lowest BCUT2D eigenvalue weighted by Gasteiger charge is -2.14. The standard InChI is InChI=1S/C13H20N2OS2/c1-3-4-13(5-6-13)8-14-11(16)7-10-9(2)15-12(17)18-10/h3-8H2,1-2H3,(H,14,16)(H,15,17). The predicted molar refractivity (Wildman–Crippen MR) is 77.5 cm³/mol. The Balaban J connectivity index is 1.82. The molecule has 0 unspecified atom stereocenters. The summed E-state index contributed by atoms with van der Waals surface area (Å²) >= 11 is 6.57. The second-order valence-corrected chi connectivity index (χ2v) is 7.04. The van der Waals surface area contributed by atoms with Gasteiger partial charge in [-0.1, -0.05) is 13.3 Å². The SMILES string of the molecule is CCCC1(CNC(=O)Cc2sc(=S)[nH]c2C)CC1. The van der Waals surface area contributed by atoms with Crippen LogP contribution < -0.4 is 5.32 Å². The molecule has 18 heavy (non-hydrogen) atoms. The van der Waals surface area contributed by atoms with Crippen LogP contribution in [0.2, 0.25) is 0 Å². The average Bonchev–Trinajstić information content (AvgIpc) is 2.99. The summed E-state index contributed by atoms with van der Waals surface area (Å²) in [6.45, 7) is 5.01. The van der Waals surface area contributed by atoms with Crippen molar-refractivity contribution in [2.75, 3.05) is 6.54 Å². The maximum absolute atomic E-state index is 11.9. The number of nitrogens with one attached hydrogen (secondary N) is 2. The Morgan fingerprint density at radius 1 is 1.56 bits per heavy atom. The molecule has 5 heteroatoms. The Morgan fingerprint density at radius 3 is 2.78 bits per heavy atom. The lowest BCUT2D eigenvalue weighted by atomic mass is 10.0. The van der Waals surface area contributed by atoms with E-state index in [1.807, 2.05) is 6.92 Å². The maximum atomic E-state index is 11.9. The number of rotatable bonds is 6. The summed E-state index contributed by atoms with van der Waals surface area (Å²) < 4.78 is 0.750. The molecular formula is C13H20N2OS2. The van der Waals surface area contributed by atoms with Gasteiger partial charge in [0.2, 0.25) is 5.91 Å². The molecule has 2 rings (SSSR count). The smallest absolute Gasteiger partial charge is 0.225 e. The molecular weight excluding hydrogens is 264 g/mol. The van der Waals surface area contributed by atoms with Crippen molar-refractivity contribution in [1.29, 1.82) is 0 Å². The van der Waals surface area contributed by atoms with Crippen molar-refractivity contribution in [2.24, 2.45) is 5.41 Å². The third kappa shape index (κ3) is 3.42.